The minimum atomic E-state index is -0.589. The van der Waals surface area contributed by atoms with Gasteiger partial charge in [-0.15, -0.1) is 11.3 Å². The molecule has 3 rings (SSSR count). The van der Waals surface area contributed by atoms with Crippen LogP contribution in [0.5, 0.6) is 5.75 Å². The van der Waals surface area contributed by atoms with Crippen molar-refractivity contribution in [2.75, 3.05) is 12.0 Å². The number of rotatable bonds is 6. The number of aryl methyl sites for hydroxylation is 1. The fourth-order valence-corrected chi connectivity index (χ4v) is 3.18. The zero-order valence-corrected chi connectivity index (χ0v) is 14.7. The van der Waals surface area contributed by atoms with Gasteiger partial charge in [-0.3, -0.25) is 19.8 Å². The molecular weight excluding hydrogens is 356 g/mol. The highest BCUT2D eigenvalue weighted by atomic mass is 32.1. The maximum Gasteiger partial charge on any atom is 0.280 e. The Hall–Kier alpha value is -3.20. The van der Waals surface area contributed by atoms with E-state index < -0.39 is 11.8 Å². The summed E-state index contributed by atoms with van der Waals surface area (Å²) in [4.78, 5) is 41.4. The molecule has 0 fully saturated rings. The van der Waals surface area contributed by atoms with Gasteiger partial charge >= 0.3 is 0 Å². The number of hydrogen-bond acceptors (Lipinski definition) is 6. The van der Waals surface area contributed by atoms with Gasteiger partial charge in [-0.1, -0.05) is 6.92 Å². The third-order valence-electron chi connectivity index (χ3n) is 3.57. The molecule has 0 radical (unpaired) electrons. The molecule has 0 aliphatic rings. The van der Waals surface area contributed by atoms with Crippen molar-refractivity contribution in [2.45, 2.75) is 13.3 Å². The molecule has 9 heteroatoms. The average molecular weight is 372 g/mol. The molecule has 8 nitrogen and oxygen atoms in total. The lowest BCUT2D eigenvalue weighted by molar-refractivity contribution is -0.119. The minimum absolute atomic E-state index is 0.243. The van der Waals surface area contributed by atoms with Gasteiger partial charge in [0.1, 0.15) is 16.9 Å². The summed E-state index contributed by atoms with van der Waals surface area (Å²) in [6.07, 6.45) is 2.11. The van der Waals surface area contributed by atoms with Crippen molar-refractivity contribution in [2.24, 2.45) is 5.73 Å². The van der Waals surface area contributed by atoms with Crippen LogP contribution in [0, 0.1) is 0 Å². The number of aromatic nitrogens is 2. The van der Waals surface area contributed by atoms with Crippen molar-refractivity contribution in [3.8, 4) is 5.75 Å². The summed E-state index contributed by atoms with van der Waals surface area (Å²) >= 11 is 1.46. The van der Waals surface area contributed by atoms with Gasteiger partial charge in [0, 0.05) is 10.4 Å². The second-order valence-corrected chi connectivity index (χ2v) is 6.54. The summed E-state index contributed by atoms with van der Waals surface area (Å²) in [5.41, 5.74) is 7.50. The Kier molecular flexibility index (Phi) is 4.99. The first-order valence-electron chi connectivity index (χ1n) is 7.80. The highest BCUT2D eigenvalue weighted by molar-refractivity contribution is 7.18. The zero-order valence-electron chi connectivity index (χ0n) is 13.9. The van der Waals surface area contributed by atoms with E-state index in [0.29, 0.717) is 21.5 Å². The SMILES string of the molecule is CCc1cc2c(=O)n(NC(=O)c3ccc(OCC(N)=O)cc3)cnc2s1. The Labute approximate surface area is 152 Å². The molecule has 0 aliphatic carbocycles. The second-order valence-electron chi connectivity index (χ2n) is 5.43. The van der Waals surface area contributed by atoms with Gasteiger partial charge in [-0.25, -0.2) is 9.66 Å². The fraction of sp³-hybridized carbons (Fsp3) is 0.176. The lowest BCUT2D eigenvalue weighted by Crippen LogP contribution is -2.33. The molecule has 0 atom stereocenters. The summed E-state index contributed by atoms with van der Waals surface area (Å²) in [6, 6.07) is 7.90. The number of hydrogen-bond donors (Lipinski definition) is 2. The summed E-state index contributed by atoms with van der Waals surface area (Å²) in [5.74, 6) is -0.652. The quantitative estimate of drug-likeness (QED) is 0.676. The van der Waals surface area contributed by atoms with Gasteiger partial charge in [0.15, 0.2) is 6.61 Å². The summed E-state index contributed by atoms with van der Waals surface area (Å²) < 4.78 is 6.19. The number of fused-ring (bicyclic) bond motifs is 1. The summed E-state index contributed by atoms with van der Waals surface area (Å²) in [7, 11) is 0. The zero-order chi connectivity index (χ0) is 18.7. The van der Waals surface area contributed by atoms with Gasteiger partial charge in [0.2, 0.25) is 0 Å². The first-order chi connectivity index (χ1) is 12.5. The molecule has 2 aromatic heterocycles. The van der Waals surface area contributed by atoms with E-state index >= 15 is 0 Å². The maximum absolute atomic E-state index is 12.5. The van der Waals surface area contributed by atoms with E-state index in [4.69, 9.17) is 10.5 Å². The minimum Gasteiger partial charge on any atom is -0.484 e. The number of amides is 2. The number of nitrogens with one attached hydrogen (secondary N) is 1. The van der Waals surface area contributed by atoms with Crippen molar-refractivity contribution >= 4 is 33.4 Å². The Bertz CT molecular complexity index is 1020. The lowest BCUT2D eigenvalue weighted by Gasteiger charge is -2.08. The van der Waals surface area contributed by atoms with Gasteiger partial charge in [-0.2, -0.15) is 0 Å². The van der Waals surface area contributed by atoms with E-state index in [-0.39, 0.29) is 12.2 Å². The van der Waals surface area contributed by atoms with Gasteiger partial charge in [-0.05, 0) is 36.8 Å². The van der Waals surface area contributed by atoms with Crippen LogP contribution in [0.4, 0.5) is 0 Å². The Balaban J connectivity index is 1.77. The van der Waals surface area contributed by atoms with Crippen LogP contribution in [0.2, 0.25) is 0 Å². The van der Waals surface area contributed by atoms with Crippen molar-refractivity contribution in [3.05, 3.63) is 57.5 Å². The number of nitrogens with two attached hydrogens (primary N) is 1. The maximum atomic E-state index is 12.5. The van der Waals surface area contributed by atoms with Crippen LogP contribution < -0.4 is 21.5 Å². The molecule has 3 N–H and O–H groups in total. The van der Waals surface area contributed by atoms with Gasteiger partial charge in [0.25, 0.3) is 17.4 Å². The highest BCUT2D eigenvalue weighted by Gasteiger charge is 2.11. The van der Waals surface area contributed by atoms with Crippen LogP contribution in [-0.4, -0.2) is 28.1 Å². The molecule has 1 aromatic carbocycles. The largest absolute Gasteiger partial charge is 0.484 e. The smallest absolute Gasteiger partial charge is 0.280 e. The van der Waals surface area contributed by atoms with E-state index in [1.807, 2.05) is 6.92 Å². The summed E-state index contributed by atoms with van der Waals surface area (Å²) in [6.45, 7) is 1.76. The molecule has 0 spiro atoms. The van der Waals surface area contributed by atoms with Crippen LogP contribution in [-0.2, 0) is 11.2 Å². The number of carbonyl (C=O) groups excluding carboxylic acids is 2. The van der Waals surface area contributed by atoms with Crippen LogP contribution in [0.3, 0.4) is 0 Å². The Morgan fingerprint density at radius 3 is 2.69 bits per heavy atom. The predicted molar refractivity (Wildman–Crippen MR) is 98.1 cm³/mol. The monoisotopic (exact) mass is 372 g/mol. The van der Waals surface area contributed by atoms with Crippen LogP contribution in [0.15, 0.2) is 41.5 Å². The molecule has 0 saturated heterocycles. The van der Waals surface area contributed by atoms with Crippen molar-refractivity contribution in [3.63, 3.8) is 0 Å². The topological polar surface area (TPSA) is 116 Å². The standard InChI is InChI=1S/C17H16N4O4S/c1-2-12-7-13-16(26-12)19-9-21(17(13)24)20-15(23)10-3-5-11(6-4-10)25-8-14(18)22/h3-7,9H,2,8H2,1H3,(H2,18,22)(H,20,23). The molecule has 2 amide bonds. The highest BCUT2D eigenvalue weighted by Crippen LogP contribution is 2.20. The second kappa shape index (κ2) is 7.36. The molecule has 134 valence electrons. The van der Waals surface area contributed by atoms with Crippen molar-refractivity contribution in [1.29, 1.82) is 0 Å². The third-order valence-corrected chi connectivity index (χ3v) is 4.76. The van der Waals surface area contributed by atoms with Crippen LogP contribution in [0.25, 0.3) is 10.2 Å². The summed E-state index contributed by atoms with van der Waals surface area (Å²) in [5, 5.41) is 0.477. The molecule has 0 aliphatic heterocycles. The average Bonchev–Trinajstić information content (AvgIpc) is 3.07. The van der Waals surface area contributed by atoms with E-state index in [9.17, 15) is 14.4 Å². The van der Waals surface area contributed by atoms with E-state index in [1.165, 1.54) is 41.9 Å². The number of benzene rings is 1. The first kappa shape index (κ1) is 17.6. The Morgan fingerprint density at radius 1 is 1.31 bits per heavy atom. The predicted octanol–water partition coefficient (Wildman–Crippen LogP) is 1.27. The number of carbonyl (C=O) groups is 2. The number of ether oxygens (including phenoxy) is 1. The normalized spacial score (nSPS) is 10.7. The number of primary amides is 1. The van der Waals surface area contributed by atoms with Gasteiger partial charge < -0.3 is 10.5 Å². The molecule has 0 bridgehead atoms. The van der Waals surface area contributed by atoms with Crippen molar-refractivity contribution < 1.29 is 14.3 Å². The lowest BCUT2D eigenvalue weighted by atomic mass is 10.2. The van der Waals surface area contributed by atoms with Gasteiger partial charge in [0.05, 0.1) is 5.39 Å². The van der Waals surface area contributed by atoms with Crippen LogP contribution in [0.1, 0.15) is 22.2 Å². The molecule has 0 saturated carbocycles. The number of nitrogens with zero attached hydrogens (tertiary/aromatic N) is 2. The van der Waals surface area contributed by atoms with Crippen LogP contribution >= 0.6 is 11.3 Å². The fourth-order valence-electron chi connectivity index (χ4n) is 2.26. The molecule has 3 aromatic rings. The van der Waals surface area contributed by atoms with E-state index in [0.717, 1.165) is 16.0 Å². The molecular formula is C17H16N4O4S. The van der Waals surface area contributed by atoms with E-state index in [1.54, 1.807) is 6.07 Å². The molecule has 2 heterocycles. The van der Waals surface area contributed by atoms with Crippen molar-refractivity contribution in [1.82, 2.24) is 9.66 Å². The molecule has 0 unspecified atom stereocenters. The molecule has 26 heavy (non-hydrogen) atoms. The Morgan fingerprint density at radius 2 is 2.04 bits per heavy atom. The first-order valence-corrected chi connectivity index (χ1v) is 8.62. The third kappa shape index (κ3) is 3.72. The number of thiophene rings is 1. The van der Waals surface area contributed by atoms with E-state index in [2.05, 4.69) is 10.4 Å².